The molecule has 0 fully saturated rings. The Hall–Kier alpha value is -4.52. The second-order valence-electron chi connectivity index (χ2n) is 8.57. The maximum absolute atomic E-state index is 13.4. The summed E-state index contributed by atoms with van der Waals surface area (Å²) in [6.07, 6.45) is -1.27. The fraction of sp³-hybridized carbons (Fsp3) is 0.280. The summed E-state index contributed by atoms with van der Waals surface area (Å²) in [4.78, 5) is 28.9. The van der Waals surface area contributed by atoms with Gasteiger partial charge in [-0.05, 0) is 44.4 Å². The van der Waals surface area contributed by atoms with Crippen LogP contribution in [0.5, 0.6) is 17.2 Å². The number of carbonyl (C=O) groups excluding carboxylic acids is 1. The van der Waals surface area contributed by atoms with E-state index in [-0.39, 0.29) is 29.2 Å². The molecule has 3 aromatic rings. The van der Waals surface area contributed by atoms with Gasteiger partial charge in [-0.15, -0.1) is 8.78 Å². The molecule has 0 atom stereocenters. The molecule has 2 aromatic carbocycles. The van der Waals surface area contributed by atoms with Crippen LogP contribution < -0.4 is 29.7 Å². The number of ether oxygens (including phenoxy) is 3. The molecular formula is C25H27F2N7O4. The fourth-order valence-corrected chi connectivity index (χ4v) is 3.61. The van der Waals surface area contributed by atoms with E-state index in [4.69, 9.17) is 4.74 Å². The van der Waals surface area contributed by atoms with Crippen molar-refractivity contribution in [1.29, 1.82) is 0 Å². The monoisotopic (exact) mass is 527 g/mol. The molecule has 1 amide bonds. The van der Waals surface area contributed by atoms with Gasteiger partial charge in [0.1, 0.15) is 12.1 Å². The minimum Gasteiger partial charge on any atom is -0.494 e. The Morgan fingerprint density at radius 3 is 2.58 bits per heavy atom. The number of methoxy groups -OCH3 is 1. The van der Waals surface area contributed by atoms with Gasteiger partial charge in [-0.2, -0.15) is 4.98 Å². The molecule has 1 aliphatic heterocycles. The van der Waals surface area contributed by atoms with Crippen LogP contribution in [0.4, 0.5) is 31.8 Å². The zero-order valence-electron chi connectivity index (χ0n) is 21.3. The number of aromatic nitrogens is 3. The molecule has 2 heterocycles. The normalized spacial score (nSPS) is 13.2. The molecule has 0 saturated heterocycles. The molecule has 4 rings (SSSR count). The number of halogens is 2. The number of nitrogens with zero attached hydrogens (tertiary/aromatic N) is 5. The van der Waals surface area contributed by atoms with Crippen LogP contribution in [0.3, 0.4) is 0 Å². The first kappa shape index (κ1) is 26.5. The highest BCUT2D eigenvalue weighted by Crippen LogP contribution is 2.43. The molecule has 0 bridgehead atoms. The Balaban J connectivity index is 1.65. The van der Waals surface area contributed by atoms with Gasteiger partial charge in [0.25, 0.3) is 0 Å². The first-order valence-corrected chi connectivity index (χ1v) is 11.5. The van der Waals surface area contributed by atoms with Crippen molar-refractivity contribution in [1.82, 2.24) is 19.9 Å². The minimum absolute atomic E-state index is 0.0827. The Bertz CT molecular complexity index is 1350. The second kappa shape index (κ2) is 10.8. The van der Waals surface area contributed by atoms with E-state index in [0.29, 0.717) is 29.2 Å². The maximum atomic E-state index is 13.4. The minimum atomic E-state index is -3.73. The highest BCUT2D eigenvalue weighted by Gasteiger charge is 2.43. The molecule has 1 aliphatic rings. The van der Waals surface area contributed by atoms with Gasteiger partial charge < -0.3 is 34.6 Å². The standard InChI is InChI=1S/C25H27F2N7O4/c1-6-22(35)30-16-12-17(20(36-5)13-18(16)34(4)10-9-33(2)3)31-24-29-14-28-23(32-24)15-7-8-19-21(11-15)38-25(26,27)37-19/h6-8,11-14H,1,9-10H2,2-5H3,(H,30,35)(H,28,29,31,32). The molecule has 0 spiro atoms. The Morgan fingerprint density at radius 1 is 1.11 bits per heavy atom. The van der Waals surface area contributed by atoms with Crippen LogP contribution in [0.1, 0.15) is 0 Å². The van der Waals surface area contributed by atoms with E-state index in [1.807, 2.05) is 26.0 Å². The van der Waals surface area contributed by atoms with E-state index < -0.39 is 6.29 Å². The van der Waals surface area contributed by atoms with E-state index in [0.717, 1.165) is 12.2 Å². The lowest BCUT2D eigenvalue weighted by Crippen LogP contribution is -2.29. The Morgan fingerprint density at radius 2 is 1.87 bits per heavy atom. The molecule has 38 heavy (non-hydrogen) atoms. The van der Waals surface area contributed by atoms with Crippen LogP contribution in [-0.4, -0.2) is 73.4 Å². The Kier molecular flexibility index (Phi) is 7.57. The van der Waals surface area contributed by atoms with E-state index in [1.165, 1.54) is 37.7 Å². The van der Waals surface area contributed by atoms with Crippen molar-refractivity contribution in [3.8, 4) is 28.6 Å². The van der Waals surface area contributed by atoms with Crippen molar-refractivity contribution in [2.75, 3.05) is 56.9 Å². The van der Waals surface area contributed by atoms with E-state index in [9.17, 15) is 13.6 Å². The number of anilines is 4. The SMILES string of the molecule is C=CC(=O)Nc1cc(Nc2ncnc(-c3ccc4c(c3)OC(F)(F)O4)n2)c(OC)cc1N(C)CCN(C)C. The third-order valence-electron chi connectivity index (χ3n) is 5.53. The molecule has 0 radical (unpaired) electrons. The molecule has 0 unspecified atom stereocenters. The van der Waals surface area contributed by atoms with Crippen LogP contribution in [-0.2, 0) is 4.79 Å². The zero-order chi connectivity index (χ0) is 27.4. The average molecular weight is 528 g/mol. The number of likely N-dealkylation sites (N-methyl/N-ethyl adjacent to an activating group) is 2. The van der Waals surface area contributed by atoms with Crippen LogP contribution in [0.25, 0.3) is 11.4 Å². The van der Waals surface area contributed by atoms with E-state index in [2.05, 4.69) is 46.5 Å². The lowest BCUT2D eigenvalue weighted by molar-refractivity contribution is -0.286. The van der Waals surface area contributed by atoms with E-state index in [1.54, 1.807) is 12.1 Å². The van der Waals surface area contributed by atoms with Crippen molar-refractivity contribution >= 4 is 28.9 Å². The predicted molar refractivity (Wildman–Crippen MR) is 138 cm³/mol. The summed E-state index contributed by atoms with van der Waals surface area (Å²) in [6.45, 7) is 5.01. The molecular weight excluding hydrogens is 500 g/mol. The third-order valence-corrected chi connectivity index (χ3v) is 5.53. The van der Waals surface area contributed by atoms with Crippen LogP contribution >= 0.6 is 0 Å². The van der Waals surface area contributed by atoms with Crippen molar-refractivity contribution in [2.45, 2.75) is 6.29 Å². The lowest BCUT2D eigenvalue weighted by atomic mass is 10.2. The molecule has 1 aromatic heterocycles. The molecule has 0 aliphatic carbocycles. The Labute approximate surface area is 218 Å². The van der Waals surface area contributed by atoms with Gasteiger partial charge in [0, 0.05) is 31.8 Å². The number of nitrogens with one attached hydrogen (secondary N) is 2. The summed E-state index contributed by atoms with van der Waals surface area (Å²) < 4.78 is 41.3. The quantitative estimate of drug-likeness (QED) is 0.378. The number of amides is 1. The molecule has 11 nitrogen and oxygen atoms in total. The van der Waals surface area contributed by atoms with Crippen LogP contribution in [0, 0.1) is 0 Å². The first-order chi connectivity index (χ1) is 18.1. The number of rotatable bonds is 10. The molecule has 13 heteroatoms. The number of hydrogen-bond donors (Lipinski definition) is 2. The molecule has 0 saturated carbocycles. The van der Waals surface area contributed by atoms with Gasteiger partial charge in [0.15, 0.2) is 17.3 Å². The topological polar surface area (TPSA) is 114 Å². The van der Waals surface area contributed by atoms with Gasteiger partial charge >= 0.3 is 6.29 Å². The number of fused-ring (bicyclic) bond motifs is 1. The zero-order valence-corrected chi connectivity index (χ0v) is 21.3. The summed E-state index contributed by atoms with van der Waals surface area (Å²) in [5.74, 6) is 0.260. The summed E-state index contributed by atoms with van der Waals surface area (Å²) in [5.41, 5.74) is 2.14. The van der Waals surface area contributed by atoms with Gasteiger partial charge in [-0.3, -0.25) is 4.79 Å². The van der Waals surface area contributed by atoms with Gasteiger partial charge in [-0.25, -0.2) is 9.97 Å². The third kappa shape index (κ3) is 6.06. The van der Waals surface area contributed by atoms with Crippen molar-refractivity contribution in [3.05, 3.63) is 49.3 Å². The largest absolute Gasteiger partial charge is 0.586 e. The first-order valence-electron chi connectivity index (χ1n) is 11.5. The highest BCUT2D eigenvalue weighted by molar-refractivity contribution is 6.02. The fourth-order valence-electron chi connectivity index (χ4n) is 3.61. The summed E-state index contributed by atoms with van der Waals surface area (Å²) in [7, 11) is 7.38. The average Bonchev–Trinajstić information content (AvgIpc) is 3.20. The number of hydrogen-bond acceptors (Lipinski definition) is 10. The van der Waals surface area contributed by atoms with Gasteiger partial charge in [-0.1, -0.05) is 6.58 Å². The summed E-state index contributed by atoms with van der Waals surface area (Å²) in [6, 6.07) is 7.73. The van der Waals surface area contributed by atoms with Crippen LogP contribution in [0.15, 0.2) is 49.3 Å². The van der Waals surface area contributed by atoms with Gasteiger partial charge in [0.05, 0.1) is 24.2 Å². The van der Waals surface area contributed by atoms with Crippen LogP contribution in [0.2, 0.25) is 0 Å². The second-order valence-corrected chi connectivity index (χ2v) is 8.57. The number of benzene rings is 2. The van der Waals surface area contributed by atoms with Crippen molar-refractivity contribution in [2.24, 2.45) is 0 Å². The predicted octanol–water partition coefficient (Wildman–Crippen LogP) is 3.73. The number of alkyl halides is 2. The van der Waals surface area contributed by atoms with Crippen molar-refractivity contribution < 1.29 is 27.8 Å². The lowest BCUT2D eigenvalue weighted by Gasteiger charge is -2.25. The number of carbonyl (C=O) groups is 1. The summed E-state index contributed by atoms with van der Waals surface area (Å²) >= 11 is 0. The van der Waals surface area contributed by atoms with E-state index >= 15 is 0 Å². The van der Waals surface area contributed by atoms with Crippen molar-refractivity contribution in [3.63, 3.8) is 0 Å². The summed E-state index contributed by atoms with van der Waals surface area (Å²) in [5, 5.41) is 5.91. The van der Waals surface area contributed by atoms with Gasteiger partial charge in [0.2, 0.25) is 11.9 Å². The maximum Gasteiger partial charge on any atom is 0.586 e. The smallest absolute Gasteiger partial charge is 0.494 e. The molecule has 2 N–H and O–H groups in total. The highest BCUT2D eigenvalue weighted by atomic mass is 19.3. The molecule has 200 valence electrons.